The first-order valence-corrected chi connectivity index (χ1v) is 38.3. The fraction of sp³-hybridized carbons (Fsp3) is 0.344. The molecular weight excluding hydrogens is 1220 g/mol. The van der Waals surface area contributed by atoms with Gasteiger partial charge < -0.3 is 0 Å². The molecule has 13 aromatic rings. The van der Waals surface area contributed by atoms with E-state index in [4.69, 9.17) is 0 Å². The number of rotatable bonds is 8. The van der Waals surface area contributed by atoms with E-state index in [1.807, 2.05) is 37.1 Å². The van der Waals surface area contributed by atoms with Crippen molar-refractivity contribution in [3.8, 4) is 0 Å². The quantitative estimate of drug-likeness (QED) is 0.142. The minimum absolute atomic E-state index is 0. The van der Waals surface area contributed by atoms with Crippen LogP contribution in [0.2, 0.25) is 0 Å². The van der Waals surface area contributed by atoms with Gasteiger partial charge in [-0.15, -0.1) is 0 Å². The van der Waals surface area contributed by atoms with E-state index in [9.17, 15) is 0 Å². The topological polar surface area (TPSA) is 64.5 Å². The third kappa shape index (κ3) is 14.3. The van der Waals surface area contributed by atoms with Crippen molar-refractivity contribution in [2.75, 3.05) is 0 Å². The smallest absolute Gasteiger partial charge is 0.115 e. The number of fused-ring (bicyclic) bond motifs is 18. The molecule has 0 aliphatic heterocycles. The maximum Gasteiger partial charge on any atom is 0.115 e. The van der Waals surface area contributed by atoms with E-state index in [1.54, 1.807) is 50.8 Å². The van der Waals surface area contributed by atoms with Crippen molar-refractivity contribution in [3.63, 3.8) is 0 Å². The molecule has 101 heavy (non-hydrogen) atoms. The summed E-state index contributed by atoms with van der Waals surface area (Å²) >= 11 is 0. The van der Waals surface area contributed by atoms with Gasteiger partial charge in [0.1, 0.15) is 6.33 Å². The number of hydrogen-bond acceptors (Lipinski definition) is 5. The number of hydrogen-bond donors (Lipinski definition) is 0. The average Bonchev–Trinajstić information content (AvgIpc) is 0.724. The van der Waals surface area contributed by atoms with Gasteiger partial charge in [-0.3, -0.25) is 15.0 Å². The number of pyridine rings is 3. The molecule has 0 spiro atoms. The van der Waals surface area contributed by atoms with Crippen LogP contribution in [0.5, 0.6) is 0 Å². The van der Waals surface area contributed by atoms with Crippen molar-refractivity contribution in [3.05, 3.63) is 315 Å². The van der Waals surface area contributed by atoms with Gasteiger partial charge >= 0.3 is 0 Å². The summed E-state index contributed by atoms with van der Waals surface area (Å²) in [6, 6.07) is 68.1. The predicted molar refractivity (Wildman–Crippen MR) is 429 cm³/mol. The van der Waals surface area contributed by atoms with E-state index < -0.39 is 0 Å². The van der Waals surface area contributed by atoms with Crippen molar-refractivity contribution >= 4 is 53.9 Å². The third-order valence-corrected chi connectivity index (χ3v) is 23.8. The Bertz CT molecular complexity index is 4690. The van der Waals surface area contributed by atoms with Crippen LogP contribution in [0.4, 0.5) is 0 Å². The summed E-state index contributed by atoms with van der Waals surface area (Å²) in [5.74, 6) is 6.33. The van der Waals surface area contributed by atoms with Crippen molar-refractivity contribution in [2.24, 2.45) is 0 Å². The number of aromatic nitrogens is 5. The summed E-state index contributed by atoms with van der Waals surface area (Å²) in [6.07, 6.45) is 31.5. The second kappa shape index (κ2) is 32.2. The molecule has 0 amide bonds. The van der Waals surface area contributed by atoms with E-state index in [-0.39, 0.29) is 7.43 Å². The maximum atomic E-state index is 4.49. The zero-order chi connectivity index (χ0) is 68.6. The predicted octanol–water partition coefficient (Wildman–Crippen LogP) is 25.3. The lowest BCUT2D eigenvalue weighted by Gasteiger charge is -2.33. The van der Waals surface area contributed by atoms with Crippen LogP contribution in [0, 0.1) is 0 Å². The van der Waals surface area contributed by atoms with Gasteiger partial charge in [0.25, 0.3) is 0 Å². The monoisotopic (exact) mass is 1330 g/mol. The Morgan fingerprint density at radius 3 is 1.44 bits per heavy atom. The molecule has 5 heteroatoms. The van der Waals surface area contributed by atoms with Gasteiger partial charge in [-0.05, 0) is 271 Å². The highest BCUT2D eigenvalue weighted by molar-refractivity contribution is 6.12. The molecule has 8 atom stereocenters. The van der Waals surface area contributed by atoms with Crippen molar-refractivity contribution in [1.82, 2.24) is 24.9 Å². The Morgan fingerprint density at radius 2 is 0.772 bits per heavy atom. The fourth-order valence-electron chi connectivity index (χ4n) is 17.3. The molecule has 0 radical (unpaired) electrons. The molecule has 0 saturated heterocycles. The highest BCUT2D eigenvalue weighted by Crippen LogP contribution is 2.48. The van der Waals surface area contributed by atoms with Crippen molar-refractivity contribution in [2.45, 2.75) is 213 Å². The minimum atomic E-state index is 0. The molecule has 0 N–H and O–H groups in total. The van der Waals surface area contributed by atoms with Crippen molar-refractivity contribution < 1.29 is 0 Å². The van der Waals surface area contributed by atoms with E-state index in [0.717, 1.165) is 47.3 Å². The minimum Gasteiger partial charge on any atom is -0.264 e. The van der Waals surface area contributed by atoms with Crippen molar-refractivity contribution in [1.29, 1.82) is 0 Å². The molecule has 21 rings (SSSR count). The molecule has 0 bridgehead atoms. The summed E-state index contributed by atoms with van der Waals surface area (Å²) in [6.45, 7) is 18.1. The summed E-state index contributed by atoms with van der Waals surface area (Å²) < 4.78 is 0. The van der Waals surface area contributed by atoms with Gasteiger partial charge in [0.05, 0.1) is 5.69 Å². The van der Waals surface area contributed by atoms with Gasteiger partial charge in [-0.1, -0.05) is 239 Å². The lowest BCUT2D eigenvalue weighted by molar-refractivity contribution is 0.559. The Kier molecular flexibility index (Phi) is 22.4. The highest BCUT2D eigenvalue weighted by Gasteiger charge is 2.32. The second-order valence-corrected chi connectivity index (χ2v) is 29.2. The Hall–Kier alpha value is -9.19. The standard InChI is InChI=1S/C18H16.2C14H14.C13H13N.C10H12.2C9H11N.C8H10N2.CH4/c1-2-12-11-17-15-9-4-3-7-13(15)14-8-5-6-10-16(14)18(12)17;1-2-10-7-13-8-11-5-3-4-6-12(11)9-14(10)13;1-2-10-9-12-8-7-11-5-3-4-6-13(11)14(10)12;1-2-9-7-12-13(9)11-6-4-3-5-10(11)8-14-12;1-2-8-7-9-5-3-4-6-10(8)9;1-2-7-5-8-3-4-10-6-9(7)8;1-2-7-6-8-4-3-5-10-9(7)8;1-2-6-3-7-4-9-5-10-8(6)7;/h3-10,12H,2,11H2,1H3;3-6,8-10H,2,7H2,1H3;3-8,10H,2,9H2,1H3;3-6,8-9H,2,7H2,1H3;3-6,8H,2,7H2,1H3;3-4,6-7H,2,5H2,1H3;3-5,7H,2,6H2,1H3;4-6H,2-3H2,1H3;1H4. The summed E-state index contributed by atoms with van der Waals surface area (Å²) in [7, 11) is 0. The van der Waals surface area contributed by atoms with Gasteiger partial charge in [-0.25, -0.2) is 9.97 Å². The molecular formula is C96H105N5. The maximum absolute atomic E-state index is 4.49. The number of benzene rings is 9. The molecule has 0 fully saturated rings. The Labute approximate surface area is 602 Å². The van der Waals surface area contributed by atoms with Crippen LogP contribution < -0.4 is 0 Å². The molecule has 5 nitrogen and oxygen atoms in total. The SMILES string of the molecule is C.CCC1Cc2c1c1ccccc1c1ccccc21.CCC1Cc2cc3ccccc3cc21.CCC1Cc2ccc3ccccc3c21.CCC1Cc2ccccc21.CCC1Cc2cccnc21.CCC1Cc2ccncc21.CCC1Cc2cncnc21.CCC1Cc2ncc3ccccc3c21. The van der Waals surface area contributed by atoms with E-state index in [2.05, 4.69) is 262 Å². The van der Waals surface area contributed by atoms with Gasteiger partial charge in [-0.2, -0.15) is 0 Å². The van der Waals surface area contributed by atoms with Gasteiger partial charge in [0.15, 0.2) is 0 Å². The van der Waals surface area contributed by atoms with Crippen LogP contribution in [0.25, 0.3) is 53.9 Å². The first kappa shape index (κ1) is 70.3. The van der Waals surface area contributed by atoms with E-state index >= 15 is 0 Å². The zero-order valence-corrected chi connectivity index (χ0v) is 60.5. The van der Waals surface area contributed by atoms with Crippen LogP contribution in [0.3, 0.4) is 0 Å². The summed E-state index contributed by atoms with van der Waals surface area (Å²) in [4.78, 5) is 21.1. The largest absolute Gasteiger partial charge is 0.264 e. The molecule has 4 heterocycles. The lowest BCUT2D eigenvalue weighted by Crippen LogP contribution is -2.18. The van der Waals surface area contributed by atoms with E-state index in [1.165, 1.54) is 201 Å². The fourth-order valence-corrected chi connectivity index (χ4v) is 17.3. The highest BCUT2D eigenvalue weighted by atomic mass is 14.8. The Balaban J connectivity index is 0.000000104. The first-order chi connectivity index (χ1) is 49.2. The molecule has 8 aliphatic carbocycles. The first-order valence-electron chi connectivity index (χ1n) is 38.3. The van der Waals surface area contributed by atoms with Gasteiger partial charge in [0.2, 0.25) is 0 Å². The molecule has 8 unspecified atom stereocenters. The van der Waals surface area contributed by atoms with Crippen LogP contribution in [-0.4, -0.2) is 24.9 Å². The normalized spacial score (nSPS) is 19.6. The second-order valence-electron chi connectivity index (χ2n) is 29.2. The summed E-state index contributed by atoms with van der Waals surface area (Å²) in [5.41, 5.74) is 23.9. The van der Waals surface area contributed by atoms with Gasteiger partial charge in [0, 0.05) is 59.6 Å². The van der Waals surface area contributed by atoms with Crippen LogP contribution in [0.15, 0.2) is 225 Å². The molecule has 8 aliphatic rings. The van der Waals surface area contributed by atoms with Crippen LogP contribution in [-0.2, 0) is 51.4 Å². The summed E-state index contributed by atoms with van der Waals surface area (Å²) in [5, 5.41) is 14.1. The molecule has 9 aromatic carbocycles. The molecule has 4 aromatic heterocycles. The van der Waals surface area contributed by atoms with Crippen LogP contribution >= 0.6 is 0 Å². The molecule has 0 saturated carbocycles. The zero-order valence-electron chi connectivity index (χ0n) is 60.5. The lowest BCUT2D eigenvalue weighted by atomic mass is 9.71. The van der Waals surface area contributed by atoms with Crippen LogP contribution in [0.1, 0.15) is 251 Å². The Morgan fingerprint density at radius 1 is 0.277 bits per heavy atom. The molecule has 514 valence electrons. The third-order valence-electron chi connectivity index (χ3n) is 23.8. The average molecular weight is 1330 g/mol. The number of nitrogens with zero attached hydrogens (tertiary/aromatic N) is 5. The van der Waals surface area contributed by atoms with E-state index in [0.29, 0.717) is 0 Å².